The van der Waals surface area contributed by atoms with Crippen LogP contribution in [0.4, 0.5) is 11.4 Å². The van der Waals surface area contributed by atoms with Crippen molar-refractivity contribution in [3.63, 3.8) is 0 Å². The molecule has 0 fully saturated rings. The van der Waals surface area contributed by atoms with Crippen LogP contribution in [-0.4, -0.2) is 27.0 Å². The zero-order chi connectivity index (χ0) is 13.8. The second-order valence-corrected chi connectivity index (χ2v) is 6.16. The van der Waals surface area contributed by atoms with Crippen molar-refractivity contribution in [3.05, 3.63) is 52.6 Å². The molecule has 0 bridgehead atoms. The van der Waals surface area contributed by atoms with Gasteiger partial charge in [0.25, 0.3) is 0 Å². The molecule has 0 unspecified atom stereocenters. The first-order valence-corrected chi connectivity index (χ1v) is 7.17. The van der Waals surface area contributed by atoms with Crippen LogP contribution < -0.4 is 19.4 Å². The minimum atomic E-state index is -0.473. The molecule has 0 aromatic heterocycles. The van der Waals surface area contributed by atoms with E-state index in [2.05, 4.69) is 0 Å². The van der Waals surface area contributed by atoms with Crippen molar-refractivity contribution in [1.29, 1.82) is 0 Å². The molecule has 0 aliphatic heterocycles. The molecule has 2 aromatic carbocycles. The monoisotopic (exact) mass is 324 g/mol. The Morgan fingerprint density at radius 2 is 1.79 bits per heavy atom. The molecule has 98 valence electrons. The molecule has 2 aromatic rings. The first-order valence-electron chi connectivity index (χ1n) is 5.46. The molecule has 0 spiro atoms. The Bertz CT molecular complexity index is 599. The van der Waals surface area contributed by atoms with Crippen LogP contribution in [-0.2, 0) is 0 Å². The van der Waals surface area contributed by atoms with E-state index in [9.17, 15) is 10.1 Å². The zero-order valence-corrected chi connectivity index (χ0v) is 11.9. The van der Waals surface area contributed by atoms with Gasteiger partial charge in [-0.05, 0) is 0 Å². The number of nitrogens with two attached hydrogens (primary N) is 1. The Hall–Kier alpha value is -2.04. The summed E-state index contributed by atoms with van der Waals surface area (Å²) >= 11 is 0.0650. The fraction of sp³-hybridized carbons (Fsp3) is 0.0769. The van der Waals surface area contributed by atoms with Gasteiger partial charge in [0.05, 0.1) is 0 Å². The van der Waals surface area contributed by atoms with Crippen LogP contribution in [0, 0.1) is 10.1 Å². The number of hydrogen-bond acceptors (Lipinski definition) is 4. The number of nitro benzene ring substituents is 1. The zero-order valence-electron chi connectivity index (χ0n) is 10.2. The van der Waals surface area contributed by atoms with Gasteiger partial charge in [-0.2, -0.15) is 0 Å². The average molecular weight is 323 g/mol. The second kappa shape index (κ2) is 5.73. The second-order valence-electron chi connectivity index (χ2n) is 3.76. The van der Waals surface area contributed by atoms with Crippen molar-refractivity contribution in [2.45, 2.75) is 0 Å². The molecule has 2 N–H and O–H groups in total. The molecule has 19 heavy (non-hydrogen) atoms. The first kappa shape index (κ1) is 13.4. The number of hydrogen-bond donors (Lipinski definition) is 1. The van der Waals surface area contributed by atoms with Crippen LogP contribution >= 0.6 is 0 Å². The molecule has 0 heterocycles. The van der Waals surface area contributed by atoms with E-state index in [0.29, 0.717) is 0 Å². The van der Waals surface area contributed by atoms with Crippen molar-refractivity contribution in [2.75, 3.05) is 12.8 Å². The number of methoxy groups -OCH3 is 1. The first-order chi connectivity index (χ1) is 9.10. The fourth-order valence-corrected chi connectivity index (χ4v) is 3.36. The van der Waals surface area contributed by atoms with Crippen molar-refractivity contribution >= 4 is 35.3 Å². The average Bonchev–Trinajstić information content (AvgIpc) is 2.39. The molecule has 5 nitrogen and oxygen atoms in total. The fourth-order valence-electron chi connectivity index (χ4n) is 1.54. The Morgan fingerprint density at radius 1 is 1.16 bits per heavy atom. The summed E-state index contributed by atoms with van der Waals surface area (Å²) in [5.41, 5.74) is 5.83. The summed E-state index contributed by atoms with van der Waals surface area (Å²) in [6.07, 6.45) is 0. The van der Waals surface area contributed by atoms with Gasteiger partial charge < -0.3 is 0 Å². The van der Waals surface area contributed by atoms with Gasteiger partial charge in [-0.3, -0.25) is 0 Å². The molecule has 6 heteroatoms. The van der Waals surface area contributed by atoms with Crippen LogP contribution in [0.3, 0.4) is 0 Å². The third-order valence-electron chi connectivity index (χ3n) is 2.49. The minimum absolute atomic E-state index is 0.0470. The predicted octanol–water partition coefficient (Wildman–Crippen LogP) is 0.841. The van der Waals surface area contributed by atoms with Gasteiger partial charge in [-0.15, -0.1) is 0 Å². The number of nitro groups is 1. The van der Waals surface area contributed by atoms with Gasteiger partial charge in [-0.25, -0.2) is 0 Å². The molecule has 2 rings (SSSR count). The number of benzene rings is 2. The van der Waals surface area contributed by atoms with E-state index in [0.717, 1.165) is 14.7 Å². The van der Waals surface area contributed by atoms with Crippen LogP contribution in [0.15, 0.2) is 42.5 Å². The van der Waals surface area contributed by atoms with Crippen LogP contribution in [0.2, 0.25) is 0 Å². The number of ether oxygens (including phenoxy) is 1. The van der Waals surface area contributed by atoms with Gasteiger partial charge >= 0.3 is 116 Å². The van der Waals surface area contributed by atoms with Gasteiger partial charge in [0, 0.05) is 0 Å². The number of anilines is 1. The Morgan fingerprint density at radius 3 is 2.32 bits per heavy atom. The van der Waals surface area contributed by atoms with Gasteiger partial charge in [0.1, 0.15) is 0 Å². The van der Waals surface area contributed by atoms with Crippen molar-refractivity contribution < 1.29 is 9.66 Å². The van der Waals surface area contributed by atoms with E-state index in [4.69, 9.17) is 10.5 Å². The van der Waals surface area contributed by atoms with Crippen molar-refractivity contribution in [1.82, 2.24) is 0 Å². The van der Waals surface area contributed by atoms with E-state index in [-0.39, 0.29) is 26.3 Å². The molecule has 0 aliphatic rings. The topological polar surface area (TPSA) is 78.4 Å². The summed E-state index contributed by atoms with van der Waals surface area (Å²) < 4.78 is 7.25. The van der Waals surface area contributed by atoms with Crippen LogP contribution in [0.1, 0.15) is 0 Å². The summed E-state index contributed by atoms with van der Waals surface area (Å²) in [4.78, 5) is 10.2. The maximum absolute atomic E-state index is 10.7. The third-order valence-corrected chi connectivity index (χ3v) is 4.58. The Labute approximate surface area is 116 Å². The SMILES string of the molecule is COc1ccc([Se]c2ccc([N+](=O)[O-])c(N)c2)cc1. The molecule has 0 atom stereocenters. The Kier molecular flexibility index (Phi) is 4.04. The van der Waals surface area contributed by atoms with Crippen LogP contribution in [0.5, 0.6) is 5.75 Å². The van der Waals surface area contributed by atoms with Gasteiger partial charge in [-0.1, -0.05) is 0 Å². The molecule has 0 aliphatic carbocycles. The molecule has 0 saturated heterocycles. The summed E-state index contributed by atoms with van der Waals surface area (Å²) in [5, 5.41) is 10.7. The van der Waals surface area contributed by atoms with Gasteiger partial charge in [0.15, 0.2) is 0 Å². The van der Waals surface area contributed by atoms with E-state index < -0.39 is 4.92 Å². The standard InChI is InChI=1S/C13H12N2O3Se/c1-18-9-2-4-10(5-3-9)19-11-6-7-13(15(16)17)12(14)8-11/h2-8H,14H2,1H3. The molecular weight excluding hydrogens is 311 g/mol. The Balaban J connectivity index is 2.18. The number of nitrogen functional groups attached to an aromatic ring is 1. The van der Waals surface area contributed by atoms with Gasteiger partial charge in [0.2, 0.25) is 0 Å². The molecule has 0 saturated carbocycles. The van der Waals surface area contributed by atoms with E-state index >= 15 is 0 Å². The van der Waals surface area contributed by atoms with Crippen LogP contribution in [0.25, 0.3) is 0 Å². The summed E-state index contributed by atoms with van der Waals surface area (Å²) in [6.45, 7) is 0. The van der Waals surface area contributed by atoms with Crippen molar-refractivity contribution in [2.24, 2.45) is 0 Å². The maximum atomic E-state index is 10.7. The molecule has 0 amide bonds. The molecule has 0 radical (unpaired) electrons. The summed E-state index contributed by atoms with van der Waals surface area (Å²) in [7, 11) is 1.62. The quantitative estimate of drug-likeness (QED) is 0.391. The summed E-state index contributed by atoms with van der Waals surface area (Å²) in [5.74, 6) is 0.808. The normalized spacial score (nSPS) is 10.2. The van der Waals surface area contributed by atoms with E-state index in [1.807, 2.05) is 24.3 Å². The van der Waals surface area contributed by atoms with E-state index in [1.165, 1.54) is 6.07 Å². The molecular formula is C13H12N2O3Se. The third kappa shape index (κ3) is 3.24. The number of rotatable bonds is 4. The van der Waals surface area contributed by atoms with Crippen molar-refractivity contribution in [3.8, 4) is 5.75 Å². The number of nitrogens with zero attached hydrogens (tertiary/aromatic N) is 1. The predicted molar refractivity (Wildman–Crippen MR) is 75.5 cm³/mol. The van der Waals surface area contributed by atoms with E-state index in [1.54, 1.807) is 19.2 Å². The summed E-state index contributed by atoms with van der Waals surface area (Å²) in [6, 6.07) is 12.6.